The highest BCUT2D eigenvalue weighted by Crippen LogP contribution is 2.20. The van der Waals surface area contributed by atoms with Crippen molar-refractivity contribution in [3.63, 3.8) is 0 Å². The van der Waals surface area contributed by atoms with Gasteiger partial charge in [0.15, 0.2) is 0 Å². The molecule has 0 bridgehead atoms. The Hall–Kier alpha value is -0.180. The van der Waals surface area contributed by atoms with Crippen LogP contribution in [0.25, 0.3) is 0 Å². The number of ether oxygens (including phenoxy) is 1. The molecule has 1 aliphatic rings. The van der Waals surface area contributed by atoms with Crippen molar-refractivity contribution < 1.29 is 13.5 Å². The van der Waals surface area contributed by atoms with Crippen LogP contribution in [-0.2, 0) is 4.74 Å². The lowest BCUT2D eigenvalue weighted by atomic mass is 9.98. The summed E-state index contributed by atoms with van der Waals surface area (Å²) in [7, 11) is 0. The van der Waals surface area contributed by atoms with Crippen LogP contribution in [0.2, 0.25) is 0 Å². The first-order chi connectivity index (χ1) is 4.79. The quantitative estimate of drug-likeness (QED) is 0.585. The van der Waals surface area contributed by atoms with Crippen molar-refractivity contribution in [2.45, 2.75) is 38.4 Å². The van der Waals surface area contributed by atoms with Gasteiger partial charge in [0, 0.05) is 0 Å². The Morgan fingerprint density at radius 3 is 2.80 bits per heavy atom. The molecule has 1 unspecified atom stereocenters. The molecule has 1 fully saturated rings. The molecule has 0 N–H and O–H groups in total. The molecule has 10 heavy (non-hydrogen) atoms. The molecule has 0 spiro atoms. The third-order valence-electron chi connectivity index (χ3n) is 1.66. The fourth-order valence-corrected chi connectivity index (χ4v) is 1.18. The summed E-state index contributed by atoms with van der Waals surface area (Å²) >= 11 is 0. The van der Waals surface area contributed by atoms with Crippen LogP contribution >= 0.6 is 0 Å². The van der Waals surface area contributed by atoms with Gasteiger partial charge in [-0.1, -0.05) is 6.42 Å². The fourth-order valence-electron chi connectivity index (χ4n) is 1.18. The van der Waals surface area contributed by atoms with Crippen LogP contribution in [0.3, 0.4) is 0 Å². The number of rotatable bonds is 2. The second-order valence-electron chi connectivity index (χ2n) is 2.47. The molecule has 1 aliphatic carbocycles. The molecule has 1 radical (unpaired) electrons. The van der Waals surface area contributed by atoms with Gasteiger partial charge in [0.25, 0.3) is 0 Å². The molecule has 1 saturated carbocycles. The van der Waals surface area contributed by atoms with E-state index in [9.17, 15) is 8.78 Å². The molecular weight excluding hydrogens is 138 g/mol. The van der Waals surface area contributed by atoms with Crippen molar-refractivity contribution in [3.05, 3.63) is 6.42 Å². The van der Waals surface area contributed by atoms with Crippen molar-refractivity contribution in [2.75, 3.05) is 0 Å². The van der Waals surface area contributed by atoms with Gasteiger partial charge in [-0.05, 0) is 25.7 Å². The molecule has 1 nitrogen and oxygen atoms in total. The van der Waals surface area contributed by atoms with Crippen molar-refractivity contribution in [3.8, 4) is 0 Å². The largest absolute Gasteiger partial charge is 0.345 e. The maximum atomic E-state index is 11.6. The Balaban J connectivity index is 2.13. The Morgan fingerprint density at radius 1 is 1.50 bits per heavy atom. The van der Waals surface area contributed by atoms with Crippen LogP contribution in [0.4, 0.5) is 8.78 Å². The minimum absolute atomic E-state index is 0.228. The van der Waals surface area contributed by atoms with E-state index in [2.05, 4.69) is 4.74 Å². The Bertz CT molecular complexity index is 89.6. The summed E-state index contributed by atoms with van der Waals surface area (Å²) in [6.07, 6.45) is 5.27. The lowest BCUT2D eigenvalue weighted by molar-refractivity contribution is -0.166. The van der Waals surface area contributed by atoms with Gasteiger partial charge in [-0.15, -0.1) is 0 Å². The fraction of sp³-hybridized carbons (Fsp3) is 0.857. The van der Waals surface area contributed by atoms with Gasteiger partial charge in [0.2, 0.25) is 0 Å². The standard InChI is InChI=1S/C7H11F2O/c8-7(9)10-6-4-2-1-3-5-6/h2,6-7H,1,3-5H2. The molecule has 0 aromatic heterocycles. The van der Waals surface area contributed by atoms with Crippen LogP contribution in [-0.4, -0.2) is 12.7 Å². The molecule has 0 aliphatic heterocycles. The van der Waals surface area contributed by atoms with Gasteiger partial charge in [-0.25, -0.2) is 0 Å². The monoisotopic (exact) mass is 149 g/mol. The second-order valence-corrected chi connectivity index (χ2v) is 2.47. The van der Waals surface area contributed by atoms with Crippen LogP contribution in [0, 0.1) is 6.42 Å². The maximum Gasteiger partial charge on any atom is 0.345 e. The van der Waals surface area contributed by atoms with Gasteiger partial charge < -0.3 is 4.74 Å². The molecule has 0 amide bonds. The first-order valence-electron chi connectivity index (χ1n) is 3.54. The van der Waals surface area contributed by atoms with Gasteiger partial charge in [0.05, 0.1) is 6.10 Å². The van der Waals surface area contributed by atoms with Crippen LogP contribution in [0.15, 0.2) is 0 Å². The van der Waals surface area contributed by atoms with Crippen LogP contribution in [0.1, 0.15) is 25.7 Å². The Kier molecular flexibility index (Phi) is 3.06. The molecule has 3 heteroatoms. The van der Waals surface area contributed by atoms with Crippen molar-refractivity contribution in [1.29, 1.82) is 0 Å². The highest BCUT2D eigenvalue weighted by molar-refractivity contribution is 4.77. The van der Waals surface area contributed by atoms with E-state index in [1.54, 1.807) is 0 Å². The van der Waals surface area contributed by atoms with E-state index in [1.165, 1.54) is 0 Å². The zero-order valence-electron chi connectivity index (χ0n) is 5.72. The van der Waals surface area contributed by atoms with Crippen molar-refractivity contribution in [2.24, 2.45) is 0 Å². The van der Waals surface area contributed by atoms with E-state index < -0.39 is 6.61 Å². The highest BCUT2D eigenvalue weighted by atomic mass is 19.3. The van der Waals surface area contributed by atoms with Gasteiger partial charge in [0.1, 0.15) is 0 Å². The average molecular weight is 149 g/mol. The molecule has 59 valence electrons. The highest BCUT2D eigenvalue weighted by Gasteiger charge is 2.17. The van der Waals surface area contributed by atoms with Gasteiger partial charge >= 0.3 is 6.61 Å². The van der Waals surface area contributed by atoms with Crippen molar-refractivity contribution in [1.82, 2.24) is 0 Å². The molecule has 0 saturated heterocycles. The summed E-state index contributed by atoms with van der Waals surface area (Å²) in [6, 6.07) is 0. The number of hydrogen-bond donors (Lipinski definition) is 0. The first kappa shape index (κ1) is 7.92. The minimum Gasteiger partial charge on any atom is -0.320 e. The summed E-state index contributed by atoms with van der Waals surface area (Å²) < 4.78 is 27.5. The topological polar surface area (TPSA) is 9.23 Å². The van der Waals surface area contributed by atoms with E-state index in [-0.39, 0.29) is 6.10 Å². The van der Waals surface area contributed by atoms with E-state index in [0.29, 0.717) is 6.42 Å². The van der Waals surface area contributed by atoms with E-state index >= 15 is 0 Å². The minimum atomic E-state index is -2.60. The third-order valence-corrected chi connectivity index (χ3v) is 1.66. The molecule has 0 aromatic rings. The zero-order valence-corrected chi connectivity index (χ0v) is 5.72. The Morgan fingerprint density at radius 2 is 2.30 bits per heavy atom. The summed E-state index contributed by atoms with van der Waals surface area (Å²) in [5.41, 5.74) is 0. The van der Waals surface area contributed by atoms with Gasteiger partial charge in [-0.2, -0.15) is 8.78 Å². The van der Waals surface area contributed by atoms with E-state index in [0.717, 1.165) is 19.3 Å². The molecular formula is C7H11F2O. The van der Waals surface area contributed by atoms with Crippen LogP contribution in [0.5, 0.6) is 0 Å². The lowest BCUT2D eigenvalue weighted by Crippen LogP contribution is -2.19. The number of hydrogen-bond acceptors (Lipinski definition) is 1. The predicted molar refractivity (Wildman–Crippen MR) is 33.6 cm³/mol. The lowest BCUT2D eigenvalue weighted by Gasteiger charge is -2.20. The van der Waals surface area contributed by atoms with Crippen LogP contribution < -0.4 is 0 Å². The SMILES string of the molecule is FC(F)OC1C[CH]CCC1. The zero-order chi connectivity index (χ0) is 7.40. The van der Waals surface area contributed by atoms with Gasteiger partial charge in [-0.3, -0.25) is 0 Å². The summed E-state index contributed by atoms with van der Waals surface area (Å²) in [5, 5.41) is 0. The second kappa shape index (κ2) is 3.86. The summed E-state index contributed by atoms with van der Waals surface area (Å²) in [4.78, 5) is 0. The number of alkyl halides is 2. The number of halogens is 2. The molecule has 0 aromatic carbocycles. The predicted octanol–water partition coefficient (Wildman–Crippen LogP) is 2.37. The first-order valence-corrected chi connectivity index (χ1v) is 3.54. The van der Waals surface area contributed by atoms with E-state index in [4.69, 9.17) is 0 Å². The third kappa shape index (κ3) is 2.60. The Labute approximate surface area is 59.4 Å². The molecule has 1 rings (SSSR count). The summed E-state index contributed by atoms with van der Waals surface area (Å²) in [6.45, 7) is -2.60. The smallest absolute Gasteiger partial charge is 0.320 e. The summed E-state index contributed by atoms with van der Waals surface area (Å²) in [5.74, 6) is 0. The van der Waals surface area contributed by atoms with E-state index in [1.807, 2.05) is 6.42 Å². The normalized spacial score (nSPS) is 21.9. The maximum absolute atomic E-state index is 11.6. The molecule has 1 atom stereocenters. The van der Waals surface area contributed by atoms with Crippen molar-refractivity contribution >= 4 is 0 Å². The molecule has 0 heterocycles. The average Bonchev–Trinajstić information content (AvgIpc) is 1.88.